The Kier molecular flexibility index (Phi) is 6.08. The lowest BCUT2D eigenvalue weighted by Crippen LogP contribution is -1.93. The van der Waals surface area contributed by atoms with Crippen LogP contribution in [0.5, 0.6) is 0 Å². The van der Waals surface area contributed by atoms with Crippen LogP contribution in [0.1, 0.15) is 22.3 Å². The third kappa shape index (κ3) is 4.31. The van der Waals surface area contributed by atoms with Crippen molar-refractivity contribution in [3.05, 3.63) is 174 Å². The topological polar surface area (TPSA) is 14.8 Å². The number of aromatic nitrogens is 3. The Morgan fingerprint density at radius 1 is 0.412 bits per heavy atom. The van der Waals surface area contributed by atoms with E-state index in [4.69, 9.17) is 0 Å². The first kappa shape index (κ1) is 28.3. The van der Waals surface area contributed by atoms with Crippen LogP contribution in [0.25, 0.3) is 95.5 Å². The minimum absolute atomic E-state index is 1.06. The van der Waals surface area contributed by atoms with Crippen molar-refractivity contribution in [3.63, 3.8) is 0 Å². The molecule has 0 bridgehead atoms. The molecule has 0 amide bonds. The fourth-order valence-corrected chi connectivity index (χ4v) is 8.60. The zero-order valence-electron chi connectivity index (χ0n) is 28.0. The van der Waals surface area contributed by atoms with E-state index in [9.17, 15) is 0 Å². The quantitative estimate of drug-likeness (QED) is 0.165. The first-order valence-electron chi connectivity index (χ1n) is 17.8. The third-order valence-electron chi connectivity index (χ3n) is 10.9. The zero-order chi connectivity index (χ0) is 33.5. The smallest absolute Gasteiger partial charge is 0.0541 e. The van der Waals surface area contributed by atoms with E-state index in [0.29, 0.717) is 0 Å². The van der Waals surface area contributed by atoms with Crippen molar-refractivity contribution in [2.45, 2.75) is 13.0 Å². The molecule has 240 valence electrons. The van der Waals surface area contributed by atoms with Gasteiger partial charge in [0.05, 0.1) is 27.6 Å². The Morgan fingerprint density at radius 3 is 1.73 bits per heavy atom. The van der Waals surface area contributed by atoms with E-state index >= 15 is 0 Å². The molecule has 0 radical (unpaired) electrons. The van der Waals surface area contributed by atoms with Crippen molar-refractivity contribution in [1.29, 1.82) is 0 Å². The van der Waals surface area contributed by atoms with Crippen LogP contribution in [-0.4, -0.2) is 13.7 Å². The summed E-state index contributed by atoms with van der Waals surface area (Å²) in [6.07, 6.45) is 10.1. The Bertz CT molecular complexity index is 3020. The summed E-state index contributed by atoms with van der Waals surface area (Å²) in [6, 6.07) is 55.4. The highest BCUT2D eigenvalue weighted by Gasteiger charge is 2.19. The lowest BCUT2D eigenvalue weighted by atomic mass is 10.0. The molecule has 0 atom stereocenters. The number of aryl methyl sites for hydroxylation is 2. The number of hydrogen-bond acceptors (Lipinski definition) is 0. The van der Waals surface area contributed by atoms with Crippen LogP contribution in [0, 0.1) is 0 Å². The molecule has 0 fully saturated rings. The molecule has 7 aromatic carbocycles. The van der Waals surface area contributed by atoms with Gasteiger partial charge < -0.3 is 13.7 Å². The minimum atomic E-state index is 1.06. The zero-order valence-corrected chi connectivity index (χ0v) is 28.0. The second kappa shape index (κ2) is 11.0. The minimum Gasteiger partial charge on any atom is -0.340 e. The maximum Gasteiger partial charge on any atom is 0.0541 e. The van der Waals surface area contributed by atoms with Crippen LogP contribution in [0.15, 0.2) is 152 Å². The Balaban J connectivity index is 1.02. The normalized spacial score (nSPS) is 13.2. The highest BCUT2D eigenvalue weighted by molar-refractivity contribution is 6.12. The van der Waals surface area contributed by atoms with Gasteiger partial charge >= 0.3 is 0 Å². The summed E-state index contributed by atoms with van der Waals surface area (Å²) in [5, 5.41) is 7.76. The molecular weight excluding hydrogens is 619 g/mol. The molecule has 3 heteroatoms. The van der Waals surface area contributed by atoms with Gasteiger partial charge in [0, 0.05) is 56.3 Å². The summed E-state index contributed by atoms with van der Waals surface area (Å²) < 4.78 is 7.21. The molecule has 0 spiro atoms. The Labute approximate surface area is 295 Å². The van der Waals surface area contributed by atoms with Crippen molar-refractivity contribution < 1.29 is 0 Å². The molecule has 10 aromatic rings. The van der Waals surface area contributed by atoms with E-state index in [2.05, 4.69) is 190 Å². The number of fused-ring (bicyclic) bond motifs is 9. The monoisotopic (exact) mass is 651 g/mol. The molecule has 0 saturated carbocycles. The lowest BCUT2D eigenvalue weighted by Gasteiger charge is -2.07. The molecule has 51 heavy (non-hydrogen) atoms. The molecule has 11 rings (SSSR count). The fraction of sp³-hybridized carbons (Fsp3) is 0.0417. The largest absolute Gasteiger partial charge is 0.340 e. The molecule has 4 heterocycles. The number of para-hydroxylation sites is 4. The maximum atomic E-state index is 2.51. The van der Waals surface area contributed by atoms with E-state index in [-0.39, 0.29) is 0 Å². The van der Waals surface area contributed by atoms with E-state index in [0.717, 1.165) is 13.0 Å². The fourth-order valence-electron chi connectivity index (χ4n) is 8.60. The molecule has 0 aliphatic carbocycles. The van der Waals surface area contributed by atoms with Crippen molar-refractivity contribution >= 4 is 89.8 Å². The van der Waals surface area contributed by atoms with Crippen molar-refractivity contribution in [1.82, 2.24) is 13.7 Å². The molecular formula is C48H33N3. The van der Waals surface area contributed by atoms with Crippen molar-refractivity contribution in [2.75, 3.05) is 0 Å². The second-order valence-corrected chi connectivity index (χ2v) is 13.8. The van der Waals surface area contributed by atoms with E-state index in [1.54, 1.807) is 0 Å². The summed E-state index contributed by atoms with van der Waals surface area (Å²) in [6.45, 7) is 1.06. The molecule has 0 N–H and O–H groups in total. The van der Waals surface area contributed by atoms with Crippen LogP contribution in [-0.2, 0) is 13.0 Å². The predicted octanol–water partition coefficient (Wildman–Crippen LogP) is 12.4. The summed E-state index contributed by atoms with van der Waals surface area (Å²) >= 11 is 0. The van der Waals surface area contributed by atoms with Gasteiger partial charge in [0.2, 0.25) is 0 Å². The number of rotatable bonds is 5. The second-order valence-electron chi connectivity index (χ2n) is 13.8. The highest BCUT2D eigenvalue weighted by atomic mass is 15.0. The van der Waals surface area contributed by atoms with E-state index < -0.39 is 0 Å². The van der Waals surface area contributed by atoms with Gasteiger partial charge in [0.15, 0.2) is 0 Å². The van der Waals surface area contributed by atoms with E-state index in [1.807, 2.05) is 0 Å². The van der Waals surface area contributed by atoms with Crippen LogP contribution in [0.4, 0.5) is 0 Å². The standard InChI is InChI=1S/C48H33N3/c1-2-10-36(11-3-1)51-45-23-20-32(17-18-33-19-22-39-40-14-8-9-35-26-28-50(48(35)40)47(39)31-33)29-41(45)42-30-34(21-24-46(42)51)25-27-49-43-15-6-4-12-37(43)38-13-5-7-16-44(38)49/h1-25,27,29-31H,26,28H2. The number of hydrogen-bond donors (Lipinski definition) is 0. The van der Waals surface area contributed by atoms with Gasteiger partial charge in [-0.25, -0.2) is 0 Å². The van der Waals surface area contributed by atoms with Gasteiger partial charge in [-0.15, -0.1) is 0 Å². The number of nitrogens with zero attached hydrogens (tertiary/aromatic N) is 3. The SMILES string of the molecule is C(=Cc1ccc2c3cccc4c3n(c2c1)CC4)c1ccc2c(c1)c1cc(C=Cn3c4ccccc4c4ccccc43)ccc1n2-c1ccccc1. The molecule has 3 nitrogen and oxygen atoms in total. The number of benzene rings is 7. The average Bonchev–Trinajstić information content (AvgIpc) is 3.94. The molecule has 1 aliphatic rings. The van der Waals surface area contributed by atoms with Crippen molar-refractivity contribution in [2.24, 2.45) is 0 Å². The summed E-state index contributed by atoms with van der Waals surface area (Å²) in [5.74, 6) is 0. The molecule has 0 saturated heterocycles. The Hall–Kier alpha value is -6.58. The van der Waals surface area contributed by atoms with Crippen LogP contribution < -0.4 is 0 Å². The van der Waals surface area contributed by atoms with Gasteiger partial charge in [-0.1, -0.05) is 109 Å². The van der Waals surface area contributed by atoms with Gasteiger partial charge in [0.1, 0.15) is 0 Å². The highest BCUT2D eigenvalue weighted by Crippen LogP contribution is 2.37. The molecule has 1 aliphatic heterocycles. The van der Waals surface area contributed by atoms with Crippen LogP contribution >= 0.6 is 0 Å². The maximum absolute atomic E-state index is 2.51. The van der Waals surface area contributed by atoms with Gasteiger partial charge in [-0.2, -0.15) is 0 Å². The third-order valence-corrected chi connectivity index (χ3v) is 10.9. The van der Waals surface area contributed by atoms with Crippen LogP contribution in [0.3, 0.4) is 0 Å². The first-order valence-corrected chi connectivity index (χ1v) is 17.8. The van der Waals surface area contributed by atoms with Crippen LogP contribution in [0.2, 0.25) is 0 Å². The summed E-state index contributed by atoms with van der Waals surface area (Å²) in [5.41, 5.74) is 13.8. The summed E-state index contributed by atoms with van der Waals surface area (Å²) in [4.78, 5) is 0. The van der Waals surface area contributed by atoms with Gasteiger partial charge in [0.25, 0.3) is 0 Å². The summed E-state index contributed by atoms with van der Waals surface area (Å²) in [7, 11) is 0. The van der Waals surface area contributed by atoms with Gasteiger partial charge in [-0.3, -0.25) is 0 Å². The van der Waals surface area contributed by atoms with Crippen molar-refractivity contribution in [3.8, 4) is 5.69 Å². The average molecular weight is 652 g/mol. The lowest BCUT2D eigenvalue weighted by molar-refractivity contribution is 0.796. The predicted molar refractivity (Wildman–Crippen MR) is 218 cm³/mol. The van der Waals surface area contributed by atoms with E-state index in [1.165, 1.54) is 93.4 Å². The Morgan fingerprint density at radius 2 is 1.00 bits per heavy atom. The van der Waals surface area contributed by atoms with Gasteiger partial charge in [-0.05, 0) is 89.3 Å². The first-order chi connectivity index (χ1) is 25.3. The molecule has 3 aromatic heterocycles. The molecule has 0 unspecified atom stereocenters.